The van der Waals surface area contributed by atoms with Gasteiger partial charge >= 0.3 is 5.97 Å². The number of carboxylic acids is 1. The third-order valence-corrected chi connectivity index (χ3v) is 3.97. The first-order chi connectivity index (χ1) is 12.8. The molecule has 7 heteroatoms. The highest BCUT2D eigenvalue weighted by Gasteiger charge is 2.12. The lowest BCUT2D eigenvalue weighted by Crippen LogP contribution is -2.30. The van der Waals surface area contributed by atoms with Crippen LogP contribution in [0.15, 0.2) is 48.5 Å². The predicted octanol–water partition coefficient (Wildman–Crippen LogP) is 2.70. The average Bonchev–Trinajstić information content (AvgIpc) is 2.62. The average molecular weight is 372 g/mol. The molecule has 0 aromatic heterocycles. The lowest BCUT2D eigenvalue weighted by molar-refractivity contribution is -0.137. The van der Waals surface area contributed by atoms with Crippen molar-refractivity contribution >= 4 is 23.5 Å². The van der Waals surface area contributed by atoms with Gasteiger partial charge in [0.25, 0.3) is 0 Å². The SMILES string of the molecule is CC(CC(=O)Nc1ccc(CC(=O)NCC(=O)O)cc1)c1ccc(F)cc1. The van der Waals surface area contributed by atoms with Crippen LogP contribution in [0.1, 0.15) is 30.4 Å². The van der Waals surface area contributed by atoms with Crippen LogP contribution in [0.2, 0.25) is 0 Å². The van der Waals surface area contributed by atoms with Crippen LogP contribution in [-0.2, 0) is 20.8 Å². The second-order valence-corrected chi connectivity index (χ2v) is 6.25. The van der Waals surface area contributed by atoms with Crippen molar-refractivity contribution in [3.05, 3.63) is 65.5 Å². The number of halogens is 1. The van der Waals surface area contributed by atoms with Gasteiger partial charge in [-0.15, -0.1) is 0 Å². The van der Waals surface area contributed by atoms with E-state index in [1.807, 2.05) is 6.92 Å². The topological polar surface area (TPSA) is 95.5 Å². The van der Waals surface area contributed by atoms with Crippen LogP contribution in [0.25, 0.3) is 0 Å². The number of carboxylic acid groups (broad SMARTS) is 1. The van der Waals surface area contributed by atoms with Crippen LogP contribution in [0.5, 0.6) is 0 Å². The summed E-state index contributed by atoms with van der Waals surface area (Å²) in [6, 6.07) is 12.8. The molecule has 0 saturated heterocycles. The summed E-state index contributed by atoms with van der Waals surface area (Å²) in [7, 11) is 0. The summed E-state index contributed by atoms with van der Waals surface area (Å²) in [4.78, 5) is 34.2. The molecule has 3 N–H and O–H groups in total. The first-order valence-corrected chi connectivity index (χ1v) is 8.46. The molecule has 0 radical (unpaired) electrons. The van der Waals surface area contributed by atoms with Gasteiger partial charge in [-0.05, 0) is 41.3 Å². The van der Waals surface area contributed by atoms with E-state index in [-0.39, 0.29) is 36.4 Å². The largest absolute Gasteiger partial charge is 0.480 e. The lowest BCUT2D eigenvalue weighted by Gasteiger charge is -2.12. The smallest absolute Gasteiger partial charge is 0.322 e. The first kappa shape index (κ1) is 20.1. The molecule has 6 nitrogen and oxygen atoms in total. The van der Waals surface area contributed by atoms with Gasteiger partial charge in [-0.2, -0.15) is 0 Å². The summed E-state index contributed by atoms with van der Waals surface area (Å²) in [5, 5.41) is 13.6. The molecule has 0 heterocycles. The number of hydrogen-bond acceptors (Lipinski definition) is 3. The number of carbonyl (C=O) groups is 3. The molecule has 1 atom stereocenters. The van der Waals surface area contributed by atoms with Crippen LogP contribution >= 0.6 is 0 Å². The Kier molecular flexibility index (Phi) is 7.05. The molecule has 2 aromatic carbocycles. The Bertz CT molecular complexity index is 804. The molecule has 27 heavy (non-hydrogen) atoms. The molecule has 0 fully saturated rings. The van der Waals surface area contributed by atoms with Crippen LogP contribution in [0, 0.1) is 5.82 Å². The summed E-state index contributed by atoms with van der Waals surface area (Å²) in [6.07, 6.45) is 0.314. The Morgan fingerprint density at radius 3 is 2.22 bits per heavy atom. The van der Waals surface area contributed by atoms with Crippen molar-refractivity contribution < 1.29 is 23.9 Å². The van der Waals surface area contributed by atoms with E-state index < -0.39 is 12.5 Å². The Morgan fingerprint density at radius 1 is 1.00 bits per heavy atom. The third kappa shape index (κ3) is 6.89. The molecule has 2 rings (SSSR count). The minimum absolute atomic E-state index is 0.0530. The fourth-order valence-corrected chi connectivity index (χ4v) is 2.53. The quantitative estimate of drug-likeness (QED) is 0.664. The maximum Gasteiger partial charge on any atom is 0.322 e. The predicted molar refractivity (Wildman–Crippen MR) is 98.9 cm³/mol. The highest BCUT2D eigenvalue weighted by molar-refractivity contribution is 5.91. The van der Waals surface area contributed by atoms with Crippen molar-refractivity contribution in [2.45, 2.75) is 25.7 Å². The Morgan fingerprint density at radius 2 is 1.63 bits per heavy atom. The summed E-state index contributed by atoms with van der Waals surface area (Å²) in [6.45, 7) is 1.48. The van der Waals surface area contributed by atoms with Crippen LogP contribution in [0.3, 0.4) is 0 Å². The van der Waals surface area contributed by atoms with Crippen molar-refractivity contribution in [2.75, 3.05) is 11.9 Å². The van der Waals surface area contributed by atoms with Gasteiger partial charge in [-0.1, -0.05) is 31.2 Å². The zero-order valence-electron chi connectivity index (χ0n) is 14.9. The molecule has 0 spiro atoms. The summed E-state index contributed by atoms with van der Waals surface area (Å²) >= 11 is 0. The maximum absolute atomic E-state index is 13.0. The van der Waals surface area contributed by atoms with Gasteiger partial charge in [0.1, 0.15) is 12.4 Å². The lowest BCUT2D eigenvalue weighted by atomic mass is 9.97. The van der Waals surface area contributed by atoms with Crippen molar-refractivity contribution in [3.63, 3.8) is 0 Å². The van der Waals surface area contributed by atoms with Gasteiger partial charge in [-0.25, -0.2) is 4.39 Å². The summed E-state index contributed by atoms with van der Waals surface area (Å²) in [5.41, 5.74) is 2.19. The molecule has 0 aliphatic rings. The van der Waals surface area contributed by atoms with Crippen molar-refractivity contribution in [1.82, 2.24) is 5.32 Å². The van der Waals surface area contributed by atoms with Crippen molar-refractivity contribution in [3.8, 4) is 0 Å². The summed E-state index contributed by atoms with van der Waals surface area (Å²) in [5.74, 6) is -2.02. The van der Waals surface area contributed by atoms with Crippen molar-refractivity contribution in [1.29, 1.82) is 0 Å². The van der Waals surface area contributed by atoms with E-state index >= 15 is 0 Å². The number of anilines is 1. The maximum atomic E-state index is 13.0. The molecular formula is C20H21FN2O4. The van der Waals surface area contributed by atoms with E-state index in [0.717, 1.165) is 5.56 Å². The van der Waals surface area contributed by atoms with E-state index in [9.17, 15) is 18.8 Å². The second kappa shape index (κ2) is 9.47. The number of amides is 2. The zero-order chi connectivity index (χ0) is 19.8. The van der Waals surface area contributed by atoms with Gasteiger partial charge in [-0.3, -0.25) is 14.4 Å². The highest BCUT2D eigenvalue weighted by atomic mass is 19.1. The van der Waals surface area contributed by atoms with Gasteiger partial charge < -0.3 is 15.7 Å². The van der Waals surface area contributed by atoms with E-state index in [1.54, 1.807) is 36.4 Å². The number of rotatable bonds is 8. The Balaban J connectivity index is 1.84. The third-order valence-electron chi connectivity index (χ3n) is 3.97. The monoisotopic (exact) mass is 372 g/mol. The molecule has 1 unspecified atom stereocenters. The van der Waals surface area contributed by atoms with E-state index in [0.29, 0.717) is 11.3 Å². The van der Waals surface area contributed by atoms with Gasteiger partial charge in [0, 0.05) is 12.1 Å². The minimum Gasteiger partial charge on any atom is -0.480 e. The fourth-order valence-electron chi connectivity index (χ4n) is 2.53. The number of nitrogens with one attached hydrogen (secondary N) is 2. The van der Waals surface area contributed by atoms with Crippen LogP contribution in [-0.4, -0.2) is 29.4 Å². The zero-order valence-corrected chi connectivity index (χ0v) is 14.9. The standard InChI is InChI=1S/C20H21FN2O4/c1-13(15-4-6-16(21)7-5-15)10-19(25)23-17-8-2-14(3-9-17)11-18(24)22-12-20(26)27/h2-9,13H,10-12H2,1H3,(H,22,24)(H,23,25)(H,26,27). The summed E-state index contributed by atoms with van der Waals surface area (Å²) < 4.78 is 13.0. The van der Waals surface area contributed by atoms with Crippen LogP contribution < -0.4 is 10.6 Å². The van der Waals surface area contributed by atoms with E-state index in [2.05, 4.69) is 10.6 Å². The van der Waals surface area contributed by atoms with Crippen LogP contribution in [0.4, 0.5) is 10.1 Å². The van der Waals surface area contributed by atoms with Gasteiger partial charge in [0.2, 0.25) is 11.8 Å². The van der Waals surface area contributed by atoms with Crippen molar-refractivity contribution in [2.24, 2.45) is 0 Å². The van der Waals surface area contributed by atoms with E-state index in [1.165, 1.54) is 12.1 Å². The molecule has 0 aliphatic carbocycles. The molecule has 0 saturated carbocycles. The van der Waals surface area contributed by atoms with E-state index in [4.69, 9.17) is 5.11 Å². The molecule has 2 amide bonds. The highest BCUT2D eigenvalue weighted by Crippen LogP contribution is 2.20. The molecule has 142 valence electrons. The fraction of sp³-hybridized carbons (Fsp3) is 0.250. The van der Waals surface area contributed by atoms with Gasteiger partial charge in [0.05, 0.1) is 6.42 Å². The minimum atomic E-state index is -1.10. The number of aliphatic carboxylic acids is 1. The number of benzene rings is 2. The second-order valence-electron chi connectivity index (χ2n) is 6.25. The first-order valence-electron chi connectivity index (χ1n) is 8.46. The van der Waals surface area contributed by atoms with Gasteiger partial charge in [0.15, 0.2) is 0 Å². The molecular weight excluding hydrogens is 351 g/mol. The molecule has 2 aromatic rings. The Hall–Kier alpha value is -3.22. The number of hydrogen-bond donors (Lipinski definition) is 3. The normalized spacial score (nSPS) is 11.5. The number of carbonyl (C=O) groups excluding carboxylic acids is 2. The molecule has 0 bridgehead atoms. The molecule has 0 aliphatic heterocycles. The Labute approximate surface area is 156 Å².